The lowest BCUT2D eigenvalue weighted by Crippen LogP contribution is -2.60. The smallest absolute Gasteiger partial charge is 0.408 e. The number of benzene rings is 1. The maximum absolute atomic E-state index is 14.9. The number of hydrogen-bond donors (Lipinski definition) is 3. The van der Waals surface area contributed by atoms with E-state index in [0.29, 0.717) is 42.7 Å². The molecule has 4 amide bonds. The van der Waals surface area contributed by atoms with Crippen molar-refractivity contribution in [3.05, 3.63) is 42.5 Å². The number of amides is 4. The molecule has 9 rings (SSSR count). The van der Waals surface area contributed by atoms with Gasteiger partial charge in [-0.15, -0.1) is 6.58 Å². The summed E-state index contributed by atoms with van der Waals surface area (Å²) < 4.78 is 47.5. The van der Waals surface area contributed by atoms with Crippen molar-refractivity contribution in [3.8, 4) is 11.6 Å². The number of alkyl carbamates (subject to hydrolysis) is 1. The predicted octanol–water partition coefficient (Wildman–Crippen LogP) is 5.29. The molecule has 3 saturated carbocycles. The van der Waals surface area contributed by atoms with Crippen LogP contribution in [0.3, 0.4) is 0 Å². The average Bonchev–Trinajstić information content (AvgIpc) is 4.18. The Morgan fingerprint density at radius 2 is 1.75 bits per heavy atom. The standard InChI is InChI=1S/C47H64N6O9S/c1-7-28-25-47(28,43(56)51-63(58,59)46(5)19-20-46)50-40(54)36-24-32-26-53(36)42(55)39(45(2,3)4)49-44(57)62-37-21-27(37)13-9-8-10-15-34-38(33-14-11-12-16-35(33)48-41(34)61-32)60-31-22-29-17-18-30(23-31)52(29)6/h7,11-12,14,16,27-32,36-37,39H,1,8-10,13,15,17-26H2,2-6H3,(H,49,57)(H,50,54)(H,51,56)/t27-,28+,29?,30?,31?,32-,36+,37-,39-,47-/m1/s1. The van der Waals surface area contributed by atoms with Gasteiger partial charge in [-0.3, -0.25) is 19.1 Å². The van der Waals surface area contributed by atoms with Gasteiger partial charge in [0.1, 0.15) is 41.7 Å². The molecule has 1 aromatic carbocycles. The summed E-state index contributed by atoms with van der Waals surface area (Å²) in [4.78, 5) is 65.9. The normalized spacial score (nSPS) is 34.2. The van der Waals surface area contributed by atoms with Crippen LogP contribution in [0.1, 0.15) is 117 Å². The number of nitrogens with zero attached hydrogens (tertiary/aromatic N) is 3. The number of carbonyl (C=O) groups is 4. The second-order valence-corrected chi connectivity index (χ2v) is 23.1. The third-order valence-corrected chi connectivity index (χ3v) is 17.4. The fourth-order valence-electron chi connectivity index (χ4n) is 10.6. The largest absolute Gasteiger partial charge is 0.489 e. The maximum atomic E-state index is 14.9. The van der Waals surface area contributed by atoms with Crippen LogP contribution in [0.4, 0.5) is 4.79 Å². The lowest BCUT2D eigenvalue weighted by molar-refractivity contribution is -0.142. The molecule has 63 heavy (non-hydrogen) atoms. The molecule has 9 atom stereocenters. The first-order chi connectivity index (χ1) is 29.9. The van der Waals surface area contributed by atoms with E-state index in [1.165, 1.54) is 11.0 Å². The van der Waals surface area contributed by atoms with Crippen molar-refractivity contribution < 1.29 is 41.8 Å². The van der Waals surface area contributed by atoms with Gasteiger partial charge in [-0.2, -0.15) is 0 Å². The van der Waals surface area contributed by atoms with Crippen LogP contribution in [0.2, 0.25) is 0 Å². The third kappa shape index (κ3) is 8.50. The highest BCUT2D eigenvalue weighted by Crippen LogP contribution is 2.48. The van der Waals surface area contributed by atoms with Crippen LogP contribution in [0.5, 0.6) is 11.6 Å². The van der Waals surface area contributed by atoms with Crippen molar-refractivity contribution in [3.63, 3.8) is 0 Å². The van der Waals surface area contributed by atoms with Gasteiger partial charge in [0.05, 0.1) is 22.4 Å². The predicted molar refractivity (Wildman–Crippen MR) is 235 cm³/mol. The summed E-state index contributed by atoms with van der Waals surface area (Å²) in [5.41, 5.74) is -0.791. The zero-order valence-electron chi connectivity index (χ0n) is 37.3. The van der Waals surface area contributed by atoms with E-state index < -0.39 is 73.6 Å². The summed E-state index contributed by atoms with van der Waals surface area (Å²) in [6.07, 6.45) is 10.2. The molecule has 5 heterocycles. The number of ether oxygens (including phenoxy) is 3. The number of nitrogens with one attached hydrogen (secondary N) is 3. The minimum absolute atomic E-state index is 0.0236. The highest BCUT2D eigenvalue weighted by molar-refractivity contribution is 7.91. The first-order valence-electron chi connectivity index (χ1n) is 23.2. The van der Waals surface area contributed by atoms with Crippen molar-refractivity contribution in [2.75, 3.05) is 13.6 Å². The number of pyridine rings is 1. The average molecular weight is 889 g/mol. The van der Waals surface area contributed by atoms with E-state index >= 15 is 0 Å². The van der Waals surface area contributed by atoms with Crippen molar-refractivity contribution in [2.45, 2.75) is 170 Å². The zero-order valence-corrected chi connectivity index (χ0v) is 38.1. The van der Waals surface area contributed by atoms with E-state index in [-0.39, 0.29) is 37.5 Å². The van der Waals surface area contributed by atoms with Crippen LogP contribution < -0.4 is 24.8 Å². The van der Waals surface area contributed by atoms with Crippen LogP contribution in [0.25, 0.3) is 10.9 Å². The number of hydrogen-bond acceptors (Lipinski definition) is 11. The Balaban J connectivity index is 1.06. The molecule has 4 aliphatic heterocycles. The summed E-state index contributed by atoms with van der Waals surface area (Å²) in [6.45, 7) is 10.9. The number of fused-ring (bicyclic) bond motifs is 7. The molecular weight excluding hydrogens is 825 g/mol. The van der Waals surface area contributed by atoms with Crippen molar-refractivity contribution >= 4 is 44.7 Å². The molecule has 342 valence electrons. The van der Waals surface area contributed by atoms with Gasteiger partial charge >= 0.3 is 6.09 Å². The Morgan fingerprint density at radius 3 is 2.43 bits per heavy atom. The maximum Gasteiger partial charge on any atom is 0.408 e. The summed E-state index contributed by atoms with van der Waals surface area (Å²) in [7, 11) is -1.80. The van der Waals surface area contributed by atoms with Crippen LogP contribution in [0.15, 0.2) is 36.9 Å². The highest BCUT2D eigenvalue weighted by Gasteiger charge is 2.63. The number of para-hydroxylation sites is 1. The first-order valence-corrected chi connectivity index (χ1v) is 24.6. The number of carbonyl (C=O) groups excluding carboxylic acids is 4. The van der Waals surface area contributed by atoms with Crippen molar-refractivity contribution in [1.82, 2.24) is 30.1 Å². The lowest BCUT2D eigenvalue weighted by Gasteiger charge is -2.36. The summed E-state index contributed by atoms with van der Waals surface area (Å²) >= 11 is 0. The van der Waals surface area contributed by atoms with Crippen LogP contribution in [0, 0.1) is 17.3 Å². The molecule has 1 aromatic heterocycles. The summed E-state index contributed by atoms with van der Waals surface area (Å²) in [5.74, 6) is -1.09. The molecule has 3 aliphatic carbocycles. The number of sulfonamides is 1. The van der Waals surface area contributed by atoms with Crippen LogP contribution >= 0.6 is 0 Å². The molecule has 6 fully saturated rings. The molecule has 15 nitrogen and oxygen atoms in total. The number of rotatable bonds is 8. The Labute approximate surface area is 370 Å². The van der Waals surface area contributed by atoms with Gasteiger partial charge < -0.3 is 34.6 Å². The van der Waals surface area contributed by atoms with E-state index in [9.17, 15) is 27.6 Å². The van der Waals surface area contributed by atoms with Gasteiger partial charge in [-0.05, 0) is 108 Å². The van der Waals surface area contributed by atoms with Gasteiger partial charge in [0, 0.05) is 29.8 Å². The minimum Gasteiger partial charge on any atom is -0.489 e. The fourth-order valence-corrected chi connectivity index (χ4v) is 11.9. The van der Waals surface area contributed by atoms with Gasteiger partial charge in [-0.25, -0.2) is 18.2 Å². The summed E-state index contributed by atoms with van der Waals surface area (Å²) in [6, 6.07) is 6.64. The molecule has 0 spiro atoms. The van der Waals surface area contributed by atoms with E-state index in [1.807, 2.05) is 45.0 Å². The molecule has 3 N–H and O–H groups in total. The van der Waals surface area contributed by atoms with Gasteiger partial charge in [0.25, 0.3) is 5.91 Å². The summed E-state index contributed by atoms with van der Waals surface area (Å²) in [5, 5.41) is 6.64. The highest BCUT2D eigenvalue weighted by atomic mass is 32.2. The Hall–Kier alpha value is -4.44. The molecule has 4 bridgehead atoms. The minimum atomic E-state index is -4.01. The van der Waals surface area contributed by atoms with E-state index in [1.54, 1.807) is 6.92 Å². The number of piperidine rings is 1. The fraction of sp³-hybridized carbons (Fsp3) is 0.681. The van der Waals surface area contributed by atoms with E-state index in [0.717, 1.165) is 74.5 Å². The molecular formula is C47H64N6O9S. The molecule has 2 unspecified atom stereocenters. The first kappa shape index (κ1) is 43.8. The molecule has 7 aliphatic rings. The Morgan fingerprint density at radius 1 is 1.02 bits per heavy atom. The molecule has 16 heteroatoms. The zero-order chi connectivity index (χ0) is 44.6. The van der Waals surface area contributed by atoms with E-state index in [2.05, 4.69) is 33.9 Å². The van der Waals surface area contributed by atoms with Crippen molar-refractivity contribution in [2.24, 2.45) is 17.3 Å². The second kappa shape index (κ2) is 16.2. The molecule has 2 aromatic rings. The number of aromatic nitrogens is 1. The lowest BCUT2D eigenvalue weighted by atomic mass is 9.85. The topological polar surface area (TPSA) is 186 Å². The van der Waals surface area contributed by atoms with Crippen LogP contribution in [-0.4, -0.2) is 113 Å². The van der Waals surface area contributed by atoms with E-state index in [4.69, 9.17) is 19.2 Å². The molecule has 0 radical (unpaired) electrons. The SMILES string of the molecule is C=C[C@H]1C[C@]1(NC(=O)[C@@H]1C[C@@H]2CN1C(=O)[C@H](C(C)(C)C)NC(=O)O[C@@H]1C[C@H]1CCCCCc1c(nc3ccccc3c1OC1CC3CCC(C1)N3C)O2)C(=O)NS(=O)(=O)C1(C)CC1. The quantitative estimate of drug-likeness (QED) is 0.293. The Kier molecular flexibility index (Phi) is 11.3. The van der Waals surface area contributed by atoms with Gasteiger partial charge in [0.2, 0.25) is 27.7 Å². The molecule has 3 saturated heterocycles. The Bertz CT molecular complexity index is 2280. The second-order valence-electron chi connectivity index (χ2n) is 20.9. The third-order valence-electron chi connectivity index (χ3n) is 15.2. The monoisotopic (exact) mass is 888 g/mol. The van der Waals surface area contributed by atoms with Crippen LogP contribution in [-0.2, 0) is 35.6 Å². The van der Waals surface area contributed by atoms with Gasteiger partial charge in [0.15, 0.2) is 0 Å². The van der Waals surface area contributed by atoms with Crippen molar-refractivity contribution in [1.29, 1.82) is 0 Å². The van der Waals surface area contributed by atoms with Gasteiger partial charge in [-0.1, -0.05) is 51.8 Å².